The van der Waals surface area contributed by atoms with Crippen molar-refractivity contribution in [3.8, 4) is 11.4 Å². The summed E-state index contributed by atoms with van der Waals surface area (Å²) in [5, 5.41) is 11.2. The molecule has 33 heavy (non-hydrogen) atoms. The number of hydrogen-bond donors (Lipinski definition) is 2. The van der Waals surface area contributed by atoms with Gasteiger partial charge in [0.15, 0.2) is 11.0 Å². The SMILES string of the molecule is NC(=O)NC(=O)CSc1nnc(-c2cccc(S(=O)(=O)N3CCOCC3)c2)n1C1CCCC1. The summed E-state index contributed by atoms with van der Waals surface area (Å²) >= 11 is 1.16. The van der Waals surface area contributed by atoms with Gasteiger partial charge in [-0.15, -0.1) is 10.2 Å². The molecule has 2 aromatic rings. The van der Waals surface area contributed by atoms with Crippen molar-refractivity contribution in [2.75, 3.05) is 32.1 Å². The van der Waals surface area contributed by atoms with Crippen LogP contribution in [0.2, 0.25) is 0 Å². The van der Waals surface area contributed by atoms with Gasteiger partial charge in [-0.2, -0.15) is 4.31 Å². The minimum Gasteiger partial charge on any atom is -0.379 e. The van der Waals surface area contributed by atoms with E-state index >= 15 is 0 Å². The fraction of sp³-hybridized carbons (Fsp3) is 0.500. The molecule has 1 saturated heterocycles. The normalized spacial score (nSPS) is 17.8. The number of aromatic nitrogens is 3. The first kappa shape index (κ1) is 23.7. The number of morpholine rings is 1. The highest BCUT2D eigenvalue weighted by Crippen LogP contribution is 2.37. The summed E-state index contributed by atoms with van der Waals surface area (Å²) in [6.07, 6.45) is 4.02. The summed E-state index contributed by atoms with van der Waals surface area (Å²) in [7, 11) is -3.66. The number of thioether (sulfide) groups is 1. The van der Waals surface area contributed by atoms with E-state index in [9.17, 15) is 18.0 Å². The van der Waals surface area contributed by atoms with Crippen molar-refractivity contribution < 1.29 is 22.7 Å². The number of primary amides is 1. The third kappa shape index (κ3) is 5.37. The van der Waals surface area contributed by atoms with Crippen LogP contribution >= 0.6 is 11.8 Å². The molecule has 0 radical (unpaired) electrons. The standard InChI is InChI=1S/C20H26N6O5S2/c21-19(28)22-17(27)13-32-20-24-23-18(26(20)15-5-1-2-6-15)14-4-3-7-16(12-14)33(29,30)25-8-10-31-11-9-25/h3-4,7,12,15H,1-2,5-6,8-11,13H2,(H3,21,22,27,28). The Bertz CT molecular complexity index is 1120. The second kappa shape index (κ2) is 10.2. The number of nitrogens with one attached hydrogen (secondary N) is 1. The van der Waals surface area contributed by atoms with Crippen LogP contribution in [0, 0.1) is 0 Å². The number of carbonyl (C=O) groups excluding carboxylic acids is 2. The Morgan fingerprint density at radius 1 is 1.18 bits per heavy atom. The van der Waals surface area contributed by atoms with E-state index in [2.05, 4.69) is 10.2 Å². The molecule has 0 unspecified atom stereocenters. The Kier molecular flexibility index (Phi) is 7.32. The van der Waals surface area contributed by atoms with Gasteiger partial charge in [0.25, 0.3) is 0 Å². The second-order valence-corrected chi connectivity index (χ2v) is 10.7. The number of rotatable bonds is 7. The highest BCUT2D eigenvalue weighted by Gasteiger charge is 2.29. The van der Waals surface area contributed by atoms with Crippen LogP contribution in [0.1, 0.15) is 31.7 Å². The fourth-order valence-electron chi connectivity index (χ4n) is 4.10. The molecular weight excluding hydrogens is 468 g/mol. The van der Waals surface area contributed by atoms with Crippen LogP contribution in [0.5, 0.6) is 0 Å². The maximum absolute atomic E-state index is 13.1. The predicted molar refractivity (Wildman–Crippen MR) is 121 cm³/mol. The molecule has 1 aromatic carbocycles. The summed E-state index contributed by atoms with van der Waals surface area (Å²) in [6, 6.07) is 5.95. The first-order valence-electron chi connectivity index (χ1n) is 10.7. The third-order valence-electron chi connectivity index (χ3n) is 5.65. The molecule has 0 atom stereocenters. The van der Waals surface area contributed by atoms with E-state index in [-0.39, 0.29) is 16.7 Å². The van der Waals surface area contributed by atoms with Crippen LogP contribution < -0.4 is 11.1 Å². The van der Waals surface area contributed by atoms with Crippen LogP contribution in [0.15, 0.2) is 34.3 Å². The van der Waals surface area contributed by atoms with Gasteiger partial charge >= 0.3 is 6.03 Å². The molecule has 2 aliphatic rings. The van der Waals surface area contributed by atoms with Crippen LogP contribution in [-0.2, 0) is 19.6 Å². The quantitative estimate of drug-likeness (QED) is 0.548. The summed E-state index contributed by atoms with van der Waals surface area (Å²) in [6.45, 7) is 1.38. The number of hydrogen-bond acceptors (Lipinski definition) is 8. The number of benzene rings is 1. The lowest BCUT2D eigenvalue weighted by molar-refractivity contribution is -0.117. The van der Waals surface area contributed by atoms with Gasteiger partial charge in [0.05, 0.1) is 23.9 Å². The van der Waals surface area contributed by atoms with Gasteiger partial charge in [-0.3, -0.25) is 14.7 Å². The molecule has 1 aliphatic carbocycles. The highest BCUT2D eigenvalue weighted by atomic mass is 32.2. The molecular formula is C20H26N6O5S2. The van der Waals surface area contributed by atoms with Crippen molar-refractivity contribution >= 4 is 33.7 Å². The average Bonchev–Trinajstić information content (AvgIpc) is 3.47. The third-order valence-corrected chi connectivity index (χ3v) is 8.49. The van der Waals surface area contributed by atoms with Crippen LogP contribution in [-0.4, -0.2) is 71.5 Å². The van der Waals surface area contributed by atoms with Gasteiger partial charge in [-0.25, -0.2) is 13.2 Å². The molecule has 1 aromatic heterocycles. The molecule has 4 rings (SSSR count). The Balaban J connectivity index is 1.64. The van der Waals surface area contributed by atoms with Gasteiger partial charge in [0.1, 0.15) is 0 Å². The van der Waals surface area contributed by atoms with Gasteiger partial charge < -0.3 is 10.5 Å². The minimum atomic E-state index is -3.66. The van der Waals surface area contributed by atoms with E-state index in [4.69, 9.17) is 10.5 Å². The fourth-order valence-corrected chi connectivity index (χ4v) is 6.36. The summed E-state index contributed by atoms with van der Waals surface area (Å²) in [5.74, 6) is -0.00782. The van der Waals surface area contributed by atoms with E-state index < -0.39 is 22.0 Å². The topological polar surface area (TPSA) is 150 Å². The number of ether oxygens (including phenoxy) is 1. The number of sulfonamides is 1. The molecule has 3 N–H and O–H groups in total. The Labute approximate surface area is 196 Å². The zero-order valence-electron chi connectivity index (χ0n) is 18.0. The van der Waals surface area contributed by atoms with Crippen molar-refractivity contribution in [3.63, 3.8) is 0 Å². The van der Waals surface area contributed by atoms with Gasteiger partial charge in [0, 0.05) is 24.7 Å². The average molecular weight is 495 g/mol. The predicted octanol–water partition coefficient (Wildman–Crippen LogP) is 1.37. The smallest absolute Gasteiger partial charge is 0.318 e. The lowest BCUT2D eigenvalue weighted by Gasteiger charge is -2.26. The highest BCUT2D eigenvalue weighted by molar-refractivity contribution is 7.99. The first-order valence-corrected chi connectivity index (χ1v) is 13.1. The van der Waals surface area contributed by atoms with E-state index in [1.807, 2.05) is 16.0 Å². The molecule has 0 bridgehead atoms. The number of carbonyl (C=O) groups is 2. The van der Waals surface area contributed by atoms with E-state index in [0.717, 1.165) is 37.4 Å². The number of urea groups is 1. The zero-order chi connectivity index (χ0) is 23.4. The molecule has 1 saturated carbocycles. The monoisotopic (exact) mass is 494 g/mol. The van der Waals surface area contributed by atoms with E-state index in [1.54, 1.807) is 18.2 Å². The molecule has 13 heteroatoms. The summed E-state index contributed by atoms with van der Waals surface area (Å²) < 4.78 is 34.9. The van der Waals surface area contributed by atoms with Crippen molar-refractivity contribution in [1.29, 1.82) is 0 Å². The maximum atomic E-state index is 13.1. The molecule has 2 heterocycles. The largest absolute Gasteiger partial charge is 0.379 e. The minimum absolute atomic E-state index is 0.0424. The Morgan fingerprint density at radius 3 is 2.61 bits per heavy atom. The molecule has 0 spiro atoms. The zero-order valence-corrected chi connectivity index (χ0v) is 19.6. The van der Waals surface area contributed by atoms with Crippen LogP contribution in [0.3, 0.4) is 0 Å². The Morgan fingerprint density at radius 2 is 1.91 bits per heavy atom. The van der Waals surface area contributed by atoms with Gasteiger partial charge in [-0.1, -0.05) is 36.7 Å². The molecule has 178 valence electrons. The number of nitrogens with zero attached hydrogens (tertiary/aromatic N) is 4. The van der Waals surface area contributed by atoms with Gasteiger partial charge in [0.2, 0.25) is 15.9 Å². The van der Waals surface area contributed by atoms with Crippen LogP contribution in [0.25, 0.3) is 11.4 Å². The number of amides is 3. The Hall–Kier alpha value is -2.48. The maximum Gasteiger partial charge on any atom is 0.318 e. The molecule has 3 amide bonds. The number of imide groups is 1. The molecule has 2 fully saturated rings. The first-order chi connectivity index (χ1) is 15.9. The van der Waals surface area contributed by atoms with Crippen molar-refractivity contribution in [2.24, 2.45) is 5.73 Å². The summed E-state index contributed by atoms with van der Waals surface area (Å²) in [5.41, 5.74) is 5.64. The molecule has 11 nitrogen and oxygen atoms in total. The molecule has 1 aliphatic heterocycles. The lowest BCUT2D eigenvalue weighted by atomic mass is 10.2. The summed E-state index contributed by atoms with van der Waals surface area (Å²) in [4.78, 5) is 23.0. The second-order valence-electron chi connectivity index (χ2n) is 7.86. The van der Waals surface area contributed by atoms with Crippen molar-refractivity contribution in [1.82, 2.24) is 24.4 Å². The van der Waals surface area contributed by atoms with Crippen LogP contribution in [0.4, 0.5) is 4.79 Å². The van der Waals surface area contributed by atoms with E-state index in [0.29, 0.717) is 42.8 Å². The van der Waals surface area contributed by atoms with E-state index in [1.165, 1.54) is 4.31 Å². The lowest BCUT2D eigenvalue weighted by Crippen LogP contribution is -2.40. The number of nitrogens with two attached hydrogens (primary N) is 1. The van der Waals surface area contributed by atoms with Gasteiger partial charge in [-0.05, 0) is 25.0 Å². The van der Waals surface area contributed by atoms with Crippen molar-refractivity contribution in [3.05, 3.63) is 24.3 Å². The van der Waals surface area contributed by atoms with Crippen molar-refractivity contribution in [2.45, 2.75) is 41.8 Å².